The van der Waals surface area contributed by atoms with Crippen molar-refractivity contribution in [2.75, 3.05) is 0 Å². The Bertz CT molecular complexity index is 53.3. The van der Waals surface area contributed by atoms with Gasteiger partial charge >= 0.3 is 29.1 Å². The first-order valence-corrected chi connectivity index (χ1v) is 0.966. The average molecular weight is 102 g/mol. The van der Waals surface area contributed by atoms with Crippen molar-refractivity contribution < 1.29 is 12.8 Å². The Morgan fingerprint density at radius 3 is 2.17 bits per heavy atom. The molecule has 0 aliphatic rings. The SMILES string of the molecule is NNC(=O)O.[H-].[H-].[Mg+2]. The average Bonchev–Trinajstić information content (AvgIpc) is 1.38. The summed E-state index contributed by atoms with van der Waals surface area (Å²) in [5.74, 6) is 4.32. The van der Waals surface area contributed by atoms with Gasteiger partial charge in [0.15, 0.2) is 0 Å². The molecule has 0 aromatic carbocycles. The standard InChI is InChI=1S/CH4N2O2.Mg.2H/c2-3-1(4)5;;;/h3H,2H2,(H,4,5);;;/q;+2;2*-1. The van der Waals surface area contributed by atoms with E-state index in [0.29, 0.717) is 0 Å². The van der Waals surface area contributed by atoms with Crippen molar-refractivity contribution in [3.8, 4) is 0 Å². The molecule has 0 unspecified atom stereocenters. The largest absolute Gasteiger partial charge is 2.00 e. The van der Waals surface area contributed by atoms with E-state index in [0.717, 1.165) is 0 Å². The van der Waals surface area contributed by atoms with E-state index in [1.165, 1.54) is 5.43 Å². The molecule has 4 nitrogen and oxygen atoms in total. The van der Waals surface area contributed by atoms with Crippen LogP contribution in [0, 0.1) is 0 Å². The van der Waals surface area contributed by atoms with Gasteiger partial charge in [-0.15, -0.1) is 0 Å². The van der Waals surface area contributed by atoms with Crippen LogP contribution in [0.5, 0.6) is 0 Å². The van der Waals surface area contributed by atoms with E-state index >= 15 is 0 Å². The van der Waals surface area contributed by atoms with Crippen molar-refractivity contribution in [3.63, 3.8) is 0 Å². The number of nitrogens with two attached hydrogens (primary N) is 1. The van der Waals surface area contributed by atoms with E-state index in [1.807, 2.05) is 0 Å². The predicted molar refractivity (Wildman–Crippen MR) is 23.3 cm³/mol. The van der Waals surface area contributed by atoms with Gasteiger partial charge in [0.2, 0.25) is 0 Å². The molecule has 0 fully saturated rings. The summed E-state index contributed by atoms with van der Waals surface area (Å²) < 4.78 is 0. The molecule has 0 aromatic rings. The van der Waals surface area contributed by atoms with Gasteiger partial charge in [-0.25, -0.2) is 10.6 Å². The molecular formula is CH6MgN2O2. The summed E-state index contributed by atoms with van der Waals surface area (Å²) in [5.41, 5.74) is 1.44. The summed E-state index contributed by atoms with van der Waals surface area (Å²) in [5, 5.41) is 7.49. The topological polar surface area (TPSA) is 75.3 Å². The van der Waals surface area contributed by atoms with Gasteiger partial charge in [0.25, 0.3) is 0 Å². The van der Waals surface area contributed by atoms with Crippen molar-refractivity contribution in [1.29, 1.82) is 0 Å². The van der Waals surface area contributed by atoms with Crippen LogP contribution < -0.4 is 11.3 Å². The Hall–Kier alpha value is -0.00377. The second-order valence-corrected chi connectivity index (χ2v) is 0.449. The third-order valence-electron chi connectivity index (χ3n) is 0.123. The van der Waals surface area contributed by atoms with Gasteiger partial charge in [-0.2, -0.15) is 0 Å². The van der Waals surface area contributed by atoms with Crippen molar-refractivity contribution in [2.45, 2.75) is 0 Å². The second kappa shape index (κ2) is 5.00. The molecule has 4 N–H and O–H groups in total. The van der Waals surface area contributed by atoms with Crippen molar-refractivity contribution >= 4 is 29.1 Å². The fourth-order valence-electron chi connectivity index (χ4n) is 0. The summed E-state index contributed by atoms with van der Waals surface area (Å²) in [6.45, 7) is 0. The zero-order chi connectivity index (χ0) is 4.28. The Labute approximate surface area is 53.8 Å². The molecule has 0 bridgehead atoms. The molecule has 34 valence electrons. The number of amides is 1. The summed E-state index contributed by atoms with van der Waals surface area (Å²) in [7, 11) is 0. The number of rotatable bonds is 0. The van der Waals surface area contributed by atoms with Crippen molar-refractivity contribution in [2.24, 2.45) is 5.84 Å². The number of nitrogens with one attached hydrogen (secondary N) is 1. The van der Waals surface area contributed by atoms with Gasteiger partial charge in [-0.05, 0) is 0 Å². The number of hydrogen-bond acceptors (Lipinski definition) is 2. The van der Waals surface area contributed by atoms with Crippen LogP contribution in [0.4, 0.5) is 4.79 Å². The monoisotopic (exact) mass is 102 g/mol. The molecule has 0 saturated carbocycles. The molecule has 0 rings (SSSR count). The van der Waals surface area contributed by atoms with E-state index in [9.17, 15) is 0 Å². The molecule has 0 heterocycles. The predicted octanol–water partition coefficient (Wildman–Crippen LogP) is -1.03. The van der Waals surface area contributed by atoms with Gasteiger partial charge in [0.1, 0.15) is 0 Å². The smallest absolute Gasteiger partial charge is 1.00 e. The summed E-state index contributed by atoms with van der Waals surface area (Å²) in [4.78, 5) is 9.13. The Balaban J connectivity index is -0.0000000267. The normalized spacial score (nSPS) is 5.50. The Kier molecular flexibility index (Phi) is 7.80. The van der Waals surface area contributed by atoms with Crippen LogP contribution in [0.2, 0.25) is 0 Å². The quantitative estimate of drug-likeness (QED) is 0.158. The summed E-state index contributed by atoms with van der Waals surface area (Å²) in [6.07, 6.45) is -1.22. The van der Waals surface area contributed by atoms with Crippen molar-refractivity contribution in [3.05, 3.63) is 0 Å². The molecule has 0 aromatic heterocycles. The Morgan fingerprint density at radius 2 is 2.17 bits per heavy atom. The number of hydrogen-bond donors (Lipinski definition) is 3. The first-order valence-electron chi connectivity index (χ1n) is 0.966. The third-order valence-corrected chi connectivity index (χ3v) is 0.123. The fraction of sp³-hybridized carbons (Fsp3) is 0. The fourth-order valence-corrected chi connectivity index (χ4v) is 0. The molecule has 0 spiro atoms. The number of carbonyl (C=O) groups is 1. The van der Waals surface area contributed by atoms with E-state index in [-0.39, 0.29) is 25.9 Å². The number of carboxylic acid groups (broad SMARTS) is 1. The molecule has 0 radical (unpaired) electrons. The molecule has 5 heteroatoms. The molecule has 0 aliphatic carbocycles. The first-order chi connectivity index (χ1) is 2.27. The van der Waals surface area contributed by atoms with Crippen LogP contribution in [-0.2, 0) is 0 Å². The van der Waals surface area contributed by atoms with Gasteiger partial charge < -0.3 is 7.96 Å². The van der Waals surface area contributed by atoms with E-state index in [1.54, 1.807) is 0 Å². The Morgan fingerprint density at radius 1 is 2.00 bits per heavy atom. The second-order valence-electron chi connectivity index (χ2n) is 0.449. The van der Waals surface area contributed by atoms with E-state index in [4.69, 9.17) is 9.90 Å². The molecule has 0 aliphatic heterocycles. The number of hydrazine groups is 1. The maximum Gasteiger partial charge on any atom is 2.00 e. The van der Waals surface area contributed by atoms with Gasteiger partial charge in [-0.3, -0.25) is 5.43 Å². The molecular weight excluding hydrogens is 96.3 g/mol. The third kappa shape index (κ3) is 9.00. The minimum absolute atomic E-state index is 0. The van der Waals surface area contributed by atoms with Crippen LogP contribution in [0.25, 0.3) is 0 Å². The minimum atomic E-state index is -1.22. The summed E-state index contributed by atoms with van der Waals surface area (Å²) in [6, 6.07) is 0. The molecule has 1 amide bonds. The zero-order valence-corrected chi connectivity index (χ0v) is 4.55. The van der Waals surface area contributed by atoms with Crippen LogP contribution in [0.3, 0.4) is 0 Å². The minimum Gasteiger partial charge on any atom is -1.00 e. The summed E-state index contributed by atoms with van der Waals surface area (Å²) >= 11 is 0. The van der Waals surface area contributed by atoms with Crippen molar-refractivity contribution in [1.82, 2.24) is 5.43 Å². The van der Waals surface area contributed by atoms with Crippen LogP contribution in [0.1, 0.15) is 2.85 Å². The van der Waals surface area contributed by atoms with Gasteiger partial charge in [-0.1, -0.05) is 0 Å². The van der Waals surface area contributed by atoms with Crippen LogP contribution in [-0.4, -0.2) is 34.3 Å². The first kappa shape index (κ1) is 9.37. The maximum atomic E-state index is 9.13. The van der Waals surface area contributed by atoms with E-state index in [2.05, 4.69) is 5.84 Å². The van der Waals surface area contributed by atoms with Crippen LogP contribution in [0.15, 0.2) is 0 Å². The van der Waals surface area contributed by atoms with E-state index < -0.39 is 6.09 Å². The maximum absolute atomic E-state index is 9.13. The molecule has 0 atom stereocenters. The molecule has 6 heavy (non-hydrogen) atoms. The molecule has 0 saturated heterocycles. The van der Waals surface area contributed by atoms with Gasteiger partial charge in [0.05, 0.1) is 0 Å². The zero-order valence-electron chi connectivity index (χ0n) is 5.14. The van der Waals surface area contributed by atoms with Gasteiger partial charge in [0, 0.05) is 0 Å². The van der Waals surface area contributed by atoms with Crippen LogP contribution >= 0.6 is 0 Å².